The Balaban J connectivity index is 1.13. The molecule has 0 fully saturated rings. The number of ether oxygens (including phenoxy) is 1. The van der Waals surface area contributed by atoms with Crippen LogP contribution in [0.1, 0.15) is 16.8 Å². The number of oxime groups is 1. The fraction of sp³-hybridized carbons (Fsp3) is 0.182. The maximum Gasteiger partial charge on any atom is 0.253 e. The van der Waals surface area contributed by atoms with E-state index in [-0.39, 0.29) is 12.0 Å². The molecule has 1 amide bonds. The molecule has 0 aliphatic carbocycles. The zero-order valence-electron chi connectivity index (χ0n) is 16.6. The van der Waals surface area contributed by atoms with Crippen molar-refractivity contribution in [3.05, 3.63) is 79.0 Å². The van der Waals surface area contributed by atoms with Crippen molar-refractivity contribution in [1.82, 2.24) is 24.5 Å². The minimum absolute atomic E-state index is 0.175. The van der Waals surface area contributed by atoms with Gasteiger partial charge in [0.2, 0.25) is 0 Å². The van der Waals surface area contributed by atoms with Gasteiger partial charge in [-0.2, -0.15) is 5.10 Å². The van der Waals surface area contributed by atoms with Gasteiger partial charge in [0.25, 0.3) is 5.91 Å². The standard InChI is InChI=1S/C22H20N6O3/c29-22(16-6-7-21-23-9-11-27(21)14-16)24-13-17-12-18(31-26-17)15-30-20-5-2-1-4-19(20)28-10-3-8-25-28/h1-11,14,18H,12-13,15H2,(H,24,29). The van der Waals surface area contributed by atoms with Gasteiger partial charge in [-0.1, -0.05) is 17.3 Å². The molecule has 0 saturated carbocycles. The number of carbonyl (C=O) groups is 1. The van der Waals surface area contributed by atoms with Gasteiger partial charge in [0, 0.05) is 37.4 Å². The highest BCUT2D eigenvalue weighted by Gasteiger charge is 2.23. The van der Waals surface area contributed by atoms with Crippen LogP contribution < -0.4 is 10.1 Å². The van der Waals surface area contributed by atoms with E-state index in [0.717, 1.165) is 17.0 Å². The van der Waals surface area contributed by atoms with E-state index in [9.17, 15) is 4.79 Å². The monoisotopic (exact) mass is 416 g/mol. The minimum Gasteiger partial charge on any atom is -0.487 e. The van der Waals surface area contributed by atoms with E-state index in [1.54, 1.807) is 46.0 Å². The molecule has 1 atom stereocenters. The average molecular weight is 416 g/mol. The Morgan fingerprint density at radius 3 is 3.00 bits per heavy atom. The molecule has 1 aliphatic rings. The summed E-state index contributed by atoms with van der Waals surface area (Å²) in [7, 11) is 0. The number of pyridine rings is 1. The normalized spacial score (nSPS) is 15.5. The molecule has 1 aromatic carbocycles. The molecular formula is C22H20N6O3. The summed E-state index contributed by atoms with van der Waals surface area (Å²) in [5.74, 6) is 0.539. The van der Waals surface area contributed by atoms with Gasteiger partial charge in [-0.05, 0) is 30.3 Å². The molecule has 9 heteroatoms. The van der Waals surface area contributed by atoms with E-state index in [1.807, 2.05) is 36.5 Å². The van der Waals surface area contributed by atoms with Crippen LogP contribution in [-0.2, 0) is 4.84 Å². The number of rotatable bonds is 7. The Kier molecular flexibility index (Phi) is 5.05. The largest absolute Gasteiger partial charge is 0.487 e. The maximum absolute atomic E-state index is 12.4. The lowest BCUT2D eigenvalue weighted by atomic mass is 10.2. The highest BCUT2D eigenvalue weighted by Crippen LogP contribution is 2.23. The first-order valence-electron chi connectivity index (χ1n) is 9.90. The van der Waals surface area contributed by atoms with Crippen LogP contribution in [0.25, 0.3) is 11.3 Å². The number of benzene rings is 1. The lowest BCUT2D eigenvalue weighted by molar-refractivity contribution is 0.0470. The summed E-state index contributed by atoms with van der Waals surface area (Å²) in [5.41, 5.74) is 2.97. The number of aromatic nitrogens is 4. The number of nitrogens with zero attached hydrogens (tertiary/aromatic N) is 5. The third-order valence-electron chi connectivity index (χ3n) is 4.94. The summed E-state index contributed by atoms with van der Waals surface area (Å²) >= 11 is 0. The molecule has 3 aromatic heterocycles. The van der Waals surface area contributed by atoms with Gasteiger partial charge >= 0.3 is 0 Å². The first-order valence-corrected chi connectivity index (χ1v) is 9.90. The molecule has 1 unspecified atom stereocenters. The van der Waals surface area contributed by atoms with Crippen LogP contribution in [0.2, 0.25) is 0 Å². The van der Waals surface area contributed by atoms with Gasteiger partial charge in [0.1, 0.15) is 23.7 Å². The van der Waals surface area contributed by atoms with E-state index in [4.69, 9.17) is 9.57 Å². The van der Waals surface area contributed by atoms with Crippen LogP contribution in [0.4, 0.5) is 0 Å². The fourth-order valence-corrected chi connectivity index (χ4v) is 3.38. The smallest absolute Gasteiger partial charge is 0.253 e. The van der Waals surface area contributed by atoms with E-state index in [2.05, 4.69) is 20.6 Å². The van der Waals surface area contributed by atoms with Gasteiger partial charge in [0.15, 0.2) is 6.10 Å². The number of para-hydroxylation sites is 2. The number of fused-ring (bicyclic) bond motifs is 1. The van der Waals surface area contributed by atoms with Crippen LogP contribution in [0.15, 0.2) is 78.6 Å². The Hall–Kier alpha value is -4.14. The SMILES string of the molecule is O=C(NCC1=NOC(COc2ccccc2-n2cccn2)C1)c1ccc2nccn2c1. The molecule has 4 aromatic rings. The molecule has 0 bridgehead atoms. The number of hydrogen-bond donors (Lipinski definition) is 1. The fourth-order valence-electron chi connectivity index (χ4n) is 3.38. The number of hydrogen-bond acceptors (Lipinski definition) is 6. The summed E-state index contributed by atoms with van der Waals surface area (Å²) in [4.78, 5) is 22.1. The van der Waals surface area contributed by atoms with Crippen molar-refractivity contribution in [1.29, 1.82) is 0 Å². The zero-order chi connectivity index (χ0) is 21.0. The number of imidazole rings is 1. The molecule has 9 nitrogen and oxygen atoms in total. The third kappa shape index (κ3) is 4.11. The van der Waals surface area contributed by atoms with E-state index in [1.165, 1.54) is 0 Å². The molecule has 0 radical (unpaired) electrons. The van der Waals surface area contributed by atoms with Crippen molar-refractivity contribution in [2.75, 3.05) is 13.2 Å². The first-order chi connectivity index (χ1) is 15.3. The molecular weight excluding hydrogens is 396 g/mol. The second kappa shape index (κ2) is 8.31. The number of nitrogens with one attached hydrogen (secondary N) is 1. The van der Waals surface area contributed by atoms with Gasteiger partial charge in [0.05, 0.1) is 17.8 Å². The predicted octanol–water partition coefficient (Wildman–Crippen LogP) is 2.47. The Morgan fingerprint density at radius 1 is 1.16 bits per heavy atom. The third-order valence-corrected chi connectivity index (χ3v) is 4.94. The van der Waals surface area contributed by atoms with Crippen molar-refractivity contribution in [3.8, 4) is 11.4 Å². The first kappa shape index (κ1) is 18.9. The summed E-state index contributed by atoms with van der Waals surface area (Å²) < 4.78 is 9.52. The predicted molar refractivity (Wildman–Crippen MR) is 114 cm³/mol. The highest BCUT2D eigenvalue weighted by atomic mass is 16.7. The Bertz CT molecular complexity index is 1230. The summed E-state index contributed by atoms with van der Waals surface area (Å²) in [6.07, 6.45) is 9.21. The summed E-state index contributed by atoms with van der Waals surface area (Å²) in [6.45, 7) is 0.664. The quantitative estimate of drug-likeness (QED) is 0.499. The van der Waals surface area contributed by atoms with Crippen LogP contribution in [-0.4, -0.2) is 50.0 Å². The van der Waals surface area contributed by atoms with Crippen LogP contribution >= 0.6 is 0 Å². The second-order valence-electron chi connectivity index (χ2n) is 7.11. The number of carbonyl (C=O) groups excluding carboxylic acids is 1. The van der Waals surface area contributed by atoms with Gasteiger partial charge in [-0.15, -0.1) is 0 Å². The lowest BCUT2D eigenvalue weighted by Crippen LogP contribution is -2.30. The molecule has 1 aliphatic heterocycles. The second-order valence-corrected chi connectivity index (χ2v) is 7.11. The van der Waals surface area contributed by atoms with Crippen LogP contribution in [0.5, 0.6) is 5.75 Å². The van der Waals surface area contributed by atoms with Gasteiger partial charge in [-0.25, -0.2) is 9.67 Å². The maximum atomic E-state index is 12.4. The summed E-state index contributed by atoms with van der Waals surface area (Å²) in [5, 5.41) is 11.2. The van der Waals surface area contributed by atoms with E-state index >= 15 is 0 Å². The average Bonchev–Trinajstić information content (AvgIpc) is 3.57. The van der Waals surface area contributed by atoms with Crippen LogP contribution in [0, 0.1) is 0 Å². The Labute approximate surface area is 177 Å². The van der Waals surface area contributed by atoms with Crippen molar-refractivity contribution in [2.45, 2.75) is 12.5 Å². The Morgan fingerprint density at radius 2 is 2.10 bits per heavy atom. The molecule has 1 N–H and O–H groups in total. The van der Waals surface area contributed by atoms with Crippen LogP contribution in [0.3, 0.4) is 0 Å². The van der Waals surface area contributed by atoms with Crippen molar-refractivity contribution >= 4 is 17.3 Å². The molecule has 31 heavy (non-hydrogen) atoms. The molecule has 156 valence electrons. The lowest BCUT2D eigenvalue weighted by Gasteiger charge is -2.14. The molecule has 4 heterocycles. The number of amides is 1. The van der Waals surface area contributed by atoms with Gasteiger partial charge in [-0.3, -0.25) is 4.79 Å². The topological polar surface area (TPSA) is 95.0 Å². The van der Waals surface area contributed by atoms with Crippen molar-refractivity contribution in [3.63, 3.8) is 0 Å². The van der Waals surface area contributed by atoms with Gasteiger partial charge < -0.3 is 19.3 Å². The van der Waals surface area contributed by atoms with Crippen molar-refractivity contribution in [2.24, 2.45) is 5.16 Å². The molecule has 5 rings (SSSR count). The summed E-state index contributed by atoms with van der Waals surface area (Å²) in [6, 6.07) is 13.1. The highest BCUT2D eigenvalue weighted by molar-refractivity contribution is 5.98. The van der Waals surface area contributed by atoms with E-state index in [0.29, 0.717) is 30.9 Å². The molecule has 0 spiro atoms. The minimum atomic E-state index is -0.208. The zero-order valence-corrected chi connectivity index (χ0v) is 16.6. The van der Waals surface area contributed by atoms with E-state index < -0.39 is 0 Å². The van der Waals surface area contributed by atoms with Crippen molar-refractivity contribution < 1.29 is 14.4 Å². The molecule has 0 saturated heterocycles.